The maximum Gasteiger partial charge on any atom is 0.306 e. The molecule has 3 atom stereocenters. The topological polar surface area (TPSA) is 32.8 Å². The van der Waals surface area contributed by atoms with Crippen molar-refractivity contribution in [1.29, 1.82) is 0 Å². The van der Waals surface area contributed by atoms with Crippen molar-refractivity contribution in [3.8, 4) is 0 Å². The highest BCUT2D eigenvalue weighted by molar-refractivity contribution is 5.72. The van der Waals surface area contributed by atoms with Crippen molar-refractivity contribution in [1.82, 2.24) is 9.80 Å². The Morgan fingerprint density at radius 1 is 1.19 bits per heavy atom. The number of hydrogen-bond acceptors (Lipinski definition) is 4. The van der Waals surface area contributed by atoms with Crippen LogP contribution in [0.3, 0.4) is 0 Å². The molecule has 0 aromatic carbocycles. The smallest absolute Gasteiger partial charge is 0.306 e. The van der Waals surface area contributed by atoms with E-state index in [4.69, 9.17) is 4.74 Å². The summed E-state index contributed by atoms with van der Waals surface area (Å²) < 4.78 is 5.35. The molecule has 3 rings (SSSR count). The zero-order valence-electron chi connectivity index (χ0n) is 9.89. The number of piperazine rings is 1. The second-order valence-electron chi connectivity index (χ2n) is 5.38. The molecular weight excluding hydrogens is 204 g/mol. The van der Waals surface area contributed by atoms with Gasteiger partial charge in [0.15, 0.2) is 0 Å². The summed E-state index contributed by atoms with van der Waals surface area (Å²) in [6.07, 6.45) is 3.18. The van der Waals surface area contributed by atoms with Crippen LogP contribution in [0.15, 0.2) is 0 Å². The normalized spacial score (nSPS) is 41.1. The largest absolute Gasteiger partial charge is 0.462 e. The molecule has 16 heavy (non-hydrogen) atoms. The van der Waals surface area contributed by atoms with Crippen molar-refractivity contribution in [2.24, 2.45) is 5.92 Å². The summed E-state index contributed by atoms with van der Waals surface area (Å²) in [5.41, 5.74) is 0. The first-order valence-electron chi connectivity index (χ1n) is 6.36. The lowest BCUT2D eigenvalue weighted by Gasteiger charge is -2.38. The van der Waals surface area contributed by atoms with Gasteiger partial charge in [0.05, 0.1) is 6.42 Å². The molecule has 0 aromatic rings. The van der Waals surface area contributed by atoms with Crippen molar-refractivity contribution >= 4 is 5.97 Å². The van der Waals surface area contributed by atoms with E-state index >= 15 is 0 Å². The number of ether oxygens (including phenoxy) is 1. The van der Waals surface area contributed by atoms with E-state index in [0.29, 0.717) is 18.4 Å². The van der Waals surface area contributed by atoms with Crippen LogP contribution in [0.25, 0.3) is 0 Å². The van der Waals surface area contributed by atoms with Crippen molar-refractivity contribution in [2.75, 3.05) is 33.2 Å². The molecule has 4 nitrogen and oxygen atoms in total. The maximum absolute atomic E-state index is 11.3. The zero-order valence-corrected chi connectivity index (χ0v) is 9.89. The molecule has 1 saturated carbocycles. The highest BCUT2D eigenvalue weighted by atomic mass is 16.6. The number of nitrogens with zero attached hydrogens (tertiary/aromatic N) is 2. The van der Waals surface area contributed by atoms with E-state index in [-0.39, 0.29) is 12.1 Å². The summed E-state index contributed by atoms with van der Waals surface area (Å²) in [6, 6.07) is 0.602. The zero-order chi connectivity index (χ0) is 11.1. The predicted molar refractivity (Wildman–Crippen MR) is 60.1 cm³/mol. The minimum absolute atomic E-state index is 0.0221. The average molecular weight is 224 g/mol. The van der Waals surface area contributed by atoms with Gasteiger partial charge in [-0.2, -0.15) is 0 Å². The molecule has 0 spiro atoms. The molecule has 90 valence electrons. The van der Waals surface area contributed by atoms with Crippen LogP contribution in [0.2, 0.25) is 0 Å². The van der Waals surface area contributed by atoms with Gasteiger partial charge in [-0.3, -0.25) is 9.69 Å². The van der Waals surface area contributed by atoms with Gasteiger partial charge < -0.3 is 9.64 Å². The lowest BCUT2D eigenvalue weighted by molar-refractivity contribution is -0.141. The van der Waals surface area contributed by atoms with E-state index in [1.54, 1.807) is 0 Å². The molecule has 2 heterocycles. The quantitative estimate of drug-likeness (QED) is 0.601. The molecule has 4 heteroatoms. The number of carbonyl (C=O) groups is 1. The van der Waals surface area contributed by atoms with Crippen LogP contribution in [0.5, 0.6) is 0 Å². The van der Waals surface area contributed by atoms with E-state index in [1.165, 1.54) is 6.42 Å². The van der Waals surface area contributed by atoms with Gasteiger partial charge in [0.2, 0.25) is 0 Å². The van der Waals surface area contributed by atoms with Gasteiger partial charge in [-0.15, -0.1) is 0 Å². The van der Waals surface area contributed by atoms with Crippen LogP contribution in [0.4, 0.5) is 0 Å². The number of likely N-dealkylation sites (N-methyl/N-ethyl adjacent to an activating group) is 1. The van der Waals surface area contributed by atoms with Crippen LogP contribution in [-0.4, -0.2) is 61.1 Å². The third kappa shape index (κ3) is 1.74. The third-order valence-corrected chi connectivity index (χ3v) is 4.41. The summed E-state index contributed by atoms with van der Waals surface area (Å²) in [6.45, 7) is 4.61. The molecule has 0 bridgehead atoms. The van der Waals surface area contributed by atoms with Gasteiger partial charge in [-0.1, -0.05) is 0 Å². The van der Waals surface area contributed by atoms with E-state index in [9.17, 15) is 4.79 Å². The maximum atomic E-state index is 11.3. The van der Waals surface area contributed by atoms with Crippen molar-refractivity contribution in [3.05, 3.63) is 0 Å². The standard InChI is InChI=1S/C12H20N2O2/c1-13-4-6-14(7-5-13)10-2-3-11-9(10)8-12(15)16-11/h9-11H,2-8H2,1H3/t9-,10+,11+/m0/s1. The third-order valence-electron chi connectivity index (χ3n) is 4.41. The first-order valence-corrected chi connectivity index (χ1v) is 6.36. The molecule has 0 aromatic heterocycles. The first-order chi connectivity index (χ1) is 7.74. The van der Waals surface area contributed by atoms with Crippen molar-refractivity contribution in [3.63, 3.8) is 0 Å². The summed E-state index contributed by atoms with van der Waals surface area (Å²) in [5, 5.41) is 0. The van der Waals surface area contributed by atoms with Crippen LogP contribution in [-0.2, 0) is 9.53 Å². The second kappa shape index (κ2) is 4.00. The molecule has 0 N–H and O–H groups in total. The Hall–Kier alpha value is -0.610. The van der Waals surface area contributed by atoms with Crippen LogP contribution in [0, 0.1) is 5.92 Å². The Morgan fingerprint density at radius 3 is 2.69 bits per heavy atom. The highest BCUT2D eigenvalue weighted by Gasteiger charge is 2.46. The minimum Gasteiger partial charge on any atom is -0.462 e. The van der Waals surface area contributed by atoms with Crippen molar-refractivity contribution < 1.29 is 9.53 Å². The second-order valence-corrected chi connectivity index (χ2v) is 5.38. The minimum atomic E-state index is 0.0221. The summed E-state index contributed by atoms with van der Waals surface area (Å²) >= 11 is 0. The Balaban J connectivity index is 1.65. The summed E-state index contributed by atoms with van der Waals surface area (Å²) in [4.78, 5) is 16.2. The number of carbonyl (C=O) groups excluding carboxylic acids is 1. The lowest BCUT2D eigenvalue weighted by Crippen LogP contribution is -2.50. The number of hydrogen-bond donors (Lipinski definition) is 0. The van der Waals surface area contributed by atoms with Crippen LogP contribution in [0.1, 0.15) is 19.3 Å². The summed E-state index contributed by atoms with van der Waals surface area (Å²) in [7, 11) is 2.18. The first kappa shape index (κ1) is 10.5. The fourth-order valence-electron chi connectivity index (χ4n) is 3.44. The molecule has 2 saturated heterocycles. The monoisotopic (exact) mass is 224 g/mol. The summed E-state index contributed by atoms with van der Waals surface area (Å²) in [5.74, 6) is 0.504. The fraction of sp³-hybridized carbons (Fsp3) is 0.917. The van der Waals surface area contributed by atoms with Gasteiger partial charge in [-0.25, -0.2) is 0 Å². The molecule has 0 amide bonds. The van der Waals surface area contributed by atoms with Gasteiger partial charge in [0.25, 0.3) is 0 Å². The number of esters is 1. The van der Waals surface area contributed by atoms with Gasteiger partial charge in [0.1, 0.15) is 6.10 Å². The SMILES string of the molecule is CN1CCN([C@@H]2CC[C@H]3OC(=O)C[C@@H]23)CC1. The van der Waals surface area contributed by atoms with E-state index in [0.717, 1.165) is 32.6 Å². The van der Waals surface area contributed by atoms with Gasteiger partial charge in [-0.05, 0) is 19.9 Å². The van der Waals surface area contributed by atoms with Crippen LogP contribution < -0.4 is 0 Å². The molecule has 3 aliphatic rings. The van der Waals surface area contributed by atoms with E-state index < -0.39 is 0 Å². The van der Waals surface area contributed by atoms with Crippen molar-refractivity contribution in [2.45, 2.75) is 31.4 Å². The van der Waals surface area contributed by atoms with E-state index in [1.807, 2.05) is 0 Å². The lowest BCUT2D eigenvalue weighted by atomic mass is 9.98. The van der Waals surface area contributed by atoms with Gasteiger partial charge >= 0.3 is 5.97 Å². The Labute approximate surface area is 96.5 Å². The van der Waals surface area contributed by atoms with Gasteiger partial charge in [0, 0.05) is 38.1 Å². The fourth-order valence-corrected chi connectivity index (χ4v) is 3.44. The molecular formula is C12H20N2O2. The molecule has 2 aliphatic heterocycles. The van der Waals surface area contributed by atoms with Crippen LogP contribution >= 0.6 is 0 Å². The Bertz CT molecular complexity index is 287. The molecule has 0 radical (unpaired) electrons. The predicted octanol–water partition coefficient (Wildman–Crippen LogP) is 0.328. The Morgan fingerprint density at radius 2 is 1.94 bits per heavy atom. The number of fused-ring (bicyclic) bond motifs is 1. The highest BCUT2D eigenvalue weighted by Crippen LogP contribution is 2.39. The Kier molecular flexibility index (Phi) is 2.64. The number of rotatable bonds is 1. The molecule has 3 fully saturated rings. The van der Waals surface area contributed by atoms with E-state index in [2.05, 4.69) is 16.8 Å². The average Bonchev–Trinajstić information content (AvgIpc) is 2.78. The molecule has 1 aliphatic carbocycles. The molecule has 0 unspecified atom stereocenters.